The Balaban J connectivity index is 2.32. The Labute approximate surface area is 123 Å². The van der Waals surface area contributed by atoms with Gasteiger partial charge in [0, 0.05) is 25.2 Å². The molecule has 1 aromatic carbocycles. The van der Waals surface area contributed by atoms with E-state index in [2.05, 4.69) is 0 Å². The third kappa shape index (κ3) is 3.22. The van der Waals surface area contributed by atoms with Crippen LogP contribution >= 0.6 is 0 Å². The summed E-state index contributed by atoms with van der Waals surface area (Å²) in [6, 6.07) is 5.38. The minimum Gasteiger partial charge on any atom is -0.328 e. The minimum absolute atomic E-state index is 0.114. The standard InChI is InChI=1S/C13H19N3O4S/c1-15(11-8-6-10(14)7-9-11)21(19,20)13-5-3-2-4-12(13)16(17)18/h2-5,10-11H,6-9,14H2,1H3/t10-,11+. The van der Waals surface area contributed by atoms with Crippen LogP contribution in [0.4, 0.5) is 5.69 Å². The van der Waals surface area contributed by atoms with Gasteiger partial charge in [-0.3, -0.25) is 10.1 Å². The van der Waals surface area contributed by atoms with Gasteiger partial charge in [0.2, 0.25) is 10.0 Å². The zero-order chi connectivity index (χ0) is 15.6. The van der Waals surface area contributed by atoms with Crippen molar-refractivity contribution >= 4 is 15.7 Å². The molecule has 21 heavy (non-hydrogen) atoms. The van der Waals surface area contributed by atoms with E-state index >= 15 is 0 Å². The first-order valence-corrected chi connectivity index (χ1v) is 8.25. The minimum atomic E-state index is -3.88. The molecule has 0 aliphatic heterocycles. The van der Waals surface area contributed by atoms with E-state index in [1.807, 2.05) is 0 Å². The first-order chi connectivity index (χ1) is 9.84. The number of nitrogens with zero attached hydrogens (tertiary/aromatic N) is 2. The van der Waals surface area contributed by atoms with Gasteiger partial charge in [-0.05, 0) is 31.7 Å². The van der Waals surface area contributed by atoms with Gasteiger partial charge in [-0.1, -0.05) is 12.1 Å². The number of sulfonamides is 1. The summed E-state index contributed by atoms with van der Waals surface area (Å²) in [7, 11) is -2.40. The highest BCUT2D eigenvalue weighted by Crippen LogP contribution is 2.30. The number of hydrogen-bond donors (Lipinski definition) is 1. The molecule has 1 aliphatic rings. The molecule has 0 bridgehead atoms. The molecule has 2 rings (SSSR count). The van der Waals surface area contributed by atoms with Crippen molar-refractivity contribution in [1.29, 1.82) is 0 Å². The van der Waals surface area contributed by atoms with Gasteiger partial charge in [0.05, 0.1) is 4.92 Å². The maximum Gasteiger partial charge on any atom is 0.289 e. The lowest BCUT2D eigenvalue weighted by atomic mass is 9.92. The Morgan fingerprint density at radius 2 is 1.81 bits per heavy atom. The van der Waals surface area contributed by atoms with Crippen molar-refractivity contribution in [1.82, 2.24) is 4.31 Å². The van der Waals surface area contributed by atoms with Gasteiger partial charge >= 0.3 is 0 Å². The molecule has 116 valence electrons. The van der Waals surface area contributed by atoms with Crippen molar-refractivity contribution in [2.24, 2.45) is 5.73 Å². The summed E-state index contributed by atoms with van der Waals surface area (Å²) in [4.78, 5) is 10.1. The molecule has 0 aromatic heterocycles. The zero-order valence-electron chi connectivity index (χ0n) is 11.8. The van der Waals surface area contributed by atoms with E-state index in [-0.39, 0.29) is 17.0 Å². The van der Waals surface area contributed by atoms with Gasteiger partial charge in [-0.25, -0.2) is 8.42 Å². The predicted octanol–water partition coefficient (Wildman–Crippen LogP) is 1.49. The largest absolute Gasteiger partial charge is 0.328 e. The molecule has 8 heteroatoms. The summed E-state index contributed by atoms with van der Waals surface area (Å²) < 4.78 is 26.5. The number of benzene rings is 1. The summed E-state index contributed by atoms with van der Waals surface area (Å²) >= 11 is 0. The van der Waals surface area contributed by atoms with E-state index in [1.165, 1.54) is 35.6 Å². The summed E-state index contributed by atoms with van der Waals surface area (Å²) in [5.74, 6) is 0. The Bertz CT molecular complexity index is 624. The molecular weight excluding hydrogens is 294 g/mol. The van der Waals surface area contributed by atoms with Crippen LogP contribution in [0, 0.1) is 10.1 Å². The summed E-state index contributed by atoms with van der Waals surface area (Å²) in [6.07, 6.45) is 2.89. The van der Waals surface area contributed by atoms with Crippen LogP contribution in [0.1, 0.15) is 25.7 Å². The van der Waals surface area contributed by atoms with Crippen molar-refractivity contribution < 1.29 is 13.3 Å². The van der Waals surface area contributed by atoms with E-state index in [0.717, 1.165) is 12.8 Å². The van der Waals surface area contributed by atoms with E-state index in [0.29, 0.717) is 12.8 Å². The molecule has 0 heterocycles. The molecule has 1 aromatic rings. The van der Waals surface area contributed by atoms with Crippen LogP contribution in [0.2, 0.25) is 0 Å². The van der Waals surface area contributed by atoms with Crippen molar-refractivity contribution in [3.63, 3.8) is 0 Å². The molecule has 7 nitrogen and oxygen atoms in total. The SMILES string of the molecule is CN([C@H]1CC[C@@H](N)CC1)S(=O)(=O)c1ccccc1[N+](=O)[O-]. The van der Waals surface area contributed by atoms with E-state index < -0.39 is 20.6 Å². The fraction of sp³-hybridized carbons (Fsp3) is 0.538. The van der Waals surface area contributed by atoms with Crippen LogP contribution in [-0.2, 0) is 10.0 Å². The summed E-state index contributed by atoms with van der Waals surface area (Å²) in [6.45, 7) is 0. The van der Waals surface area contributed by atoms with Crippen LogP contribution in [0.3, 0.4) is 0 Å². The Morgan fingerprint density at radius 1 is 1.24 bits per heavy atom. The maximum atomic E-state index is 12.6. The molecule has 0 unspecified atom stereocenters. The fourth-order valence-electron chi connectivity index (χ4n) is 2.64. The highest BCUT2D eigenvalue weighted by molar-refractivity contribution is 7.89. The molecule has 0 radical (unpaired) electrons. The second kappa shape index (κ2) is 6.08. The first kappa shape index (κ1) is 15.9. The fourth-order valence-corrected chi connectivity index (χ4v) is 4.21. The number of hydrogen-bond acceptors (Lipinski definition) is 5. The van der Waals surface area contributed by atoms with Gasteiger partial charge in [-0.2, -0.15) is 4.31 Å². The normalized spacial score (nSPS) is 23.2. The van der Waals surface area contributed by atoms with Crippen molar-refractivity contribution in [3.05, 3.63) is 34.4 Å². The van der Waals surface area contributed by atoms with Crippen molar-refractivity contribution in [2.45, 2.75) is 42.7 Å². The summed E-state index contributed by atoms with van der Waals surface area (Å²) in [5, 5.41) is 11.0. The molecule has 0 saturated heterocycles. The van der Waals surface area contributed by atoms with Crippen LogP contribution in [0.25, 0.3) is 0 Å². The third-order valence-corrected chi connectivity index (χ3v) is 5.93. The van der Waals surface area contributed by atoms with E-state index in [9.17, 15) is 18.5 Å². The Kier molecular flexibility index (Phi) is 4.60. The molecule has 0 amide bonds. The topological polar surface area (TPSA) is 107 Å². The quantitative estimate of drug-likeness (QED) is 0.669. The molecule has 1 fully saturated rings. The third-order valence-electron chi connectivity index (χ3n) is 3.97. The van der Waals surface area contributed by atoms with E-state index in [1.54, 1.807) is 0 Å². The van der Waals surface area contributed by atoms with Gasteiger partial charge in [0.1, 0.15) is 0 Å². The van der Waals surface area contributed by atoms with Gasteiger partial charge < -0.3 is 5.73 Å². The highest BCUT2D eigenvalue weighted by Gasteiger charge is 2.34. The van der Waals surface area contributed by atoms with E-state index in [4.69, 9.17) is 5.73 Å². The highest BCUT2D eigenvalue weighted by atomic mass is 32.2. The van der Waals surface area contributed by atoms with Gasteiger partial charge in [0.25, 0.3) is 5.69 Å². The molecule has 2 N–H and O–H groups in total. The lowest BCUT2D eigenvalue weighted by Crippen LogP contribution is -2.41. The maximum absolute atomic E-state index is 12.6. The van der Waals surface area contributed by atoms with Gasteiger partial charge in [0.15, 0.2) is 4.90 Å². The van der Waals surface area contributed by atoms with Crippen LogP contribution in [-0.4, -0.2) is 36.8 Å². The lowest BCUT2D eigenvalue weighted by molar-refractivity contribution is -0.387. The van der Waals surface area contributed by atoms with Gasteiger partial charge in [-0.15, -0.1) is 0 Å². The average Bonchev–Trinajstić information content (AvgIpc) is 2.47. The molecule has 0 atom stereocenters. The smallest absolute Gasteiger partial charge is 0.289 e. The zero-order valence-corrected chi connectivity index (χ0v) is 12.6. The molecule has 1 aliphatic carbocycles. The molecule has 1 saturated carbocycles. The summed E-state index contributed by atoms with van der Waals surface area (Å²) in [5.41, 5.74) is 5.43. The number of rotatable bonds is 4. The number of para-hydroxylation sites is 1. The lowest BCUT2D eigenvalue weighted by Gasteiger charge is -2.32. The number of nitro groups is 1. The number of nitro benzene ring substituents is 1. The van der Waals surface area contributed by atoms with Crippen LogP contribution in [0.15, 0.2) is 29.2 Å². The Hall–Kier alpha value is -1.51. The van der Waals surface area contributed by atoms with Crippen LogP contribution < -0.4 is 5.73 Å². The average molecular weight is 313 g/mol. The van der Waals surface area contributed by atoms with Crippen molar-refractivity contribution in [3.8, 4) is 0 Å². The predicted molar refractivity (Wildman–Crippen MR) is 78.3 cm³/mol. The van der Waals surface area contributed by atoms with Crippen molar-refractivity contribution in [2.75, 3.05) is 7.05 Å². The molecule has 0 spiro atoms. The van der Waals surface area contributed by atoms with Crippen LogP contribution in [0.5, 0.6) is 0 Å². The Morgan fingerprint density at radius 3 is 2.38 bits per heavy atom. The molecular formula is C13H19N3O4S. The second-order valence-electron chi connectivity index (χ2n) is 5.31. The number of nitrogens with two attached hydrogens (primary N) is 1. The first-order valence-electron chi connectivity index (χ1n) is 6.81. The second-order valence-corrected chi connectivity index (χ2v) is 7.28. The monoisotopic (exact) mass is 313 g/mol.